The van der Waals surface area contributed by atoms with Gasteiger partial charge in [-0.2, -0.15) is 0 Å². The SMILES string of the molecule is CC(C)c1cc2nc(Cl)c(Cl)nc2[nH]1. The number of aromatic nitrogens is 3. The van der Waals surface area contributed by atoms with Gasteiger partial charge < -0.3 is 4.98 Å². The second-order valence-electron chi connectivity index (χ2n) is 3.42. The highest BCUT2D eigenvalue weighted by molar-refractivity contribution is 6.40. The fourth-order valence-corrected chi connectivity index (χ4v) is 1.49. The Morgan fingerprint density at radius 2 is 1.86 bits per heavy atom. The molecule has 0 saturated carbocycles. The maximum absolute atomic E-state index is 5.76. The zero-order valence-corrected chi connectivity index (χ0v) is 9.32. The van der Waals surface area contributed by atoms with E-state index in [4.69, 9.17) is 23.2 Å². The van der Waals surface area contributed by atoms with Gasteiger partial charge in [0, 0.05) is 5.69 Å². The van der Waals surface area contributed by atoms with Crippen LogP contribution in [0.1, 0.15) is 25.5 Å². The van der Waals surface area contributed by atoms with Crippen LogP contribution >= 0.6 is 23.2 Å². The van der Waals surface area contributed by atoms with Gasteiger partial charge in [-0.25, -0.2) is 9.97 Å². The lowest BCUT2D eigenvalue weighted by molar-refractivity contribution is 0.835. The third-order valence-corrected chi connectivity index (χ3v) is 2.64. The van der Waals surface area contributed by atoms with Crippen LogP contribution in [0.4, 0.5) is 0 Å². The second-order valence-corrected chi connectivity index (χ2v) is 4.13. The van der Waals surface area contributed by atoms with Crippen LogP contribution in [0.3, 0.4) is 0 Å². The zero-order valence-electron chi connectivity index (χ0n) is 7.81. The molecule has 0 unspecified atom stereocenters. The molecule has 74 valence electrons. The largest absolute Gasteiger partial charge is 0.342 e. The van der Waals surface area contributed by atoms with E-state index in [1.807, 2.05) is 6.07 Å². The van der Waals surface area contributed by atoms with Gasteiger partial charge in [-0.3, -0.25) is 0 Å². The summed E-state index contributed by atoms with van der Waals surface area (Å²) in [6.07, 6.45) is 0. The quantitative estimate of drug-likeness (QED) is 0.815. The van der Waals surface area contributed by atoms with Crippen LogP contribution in [0.2, 0.25) is 10.3 Å². The standard InChI is InChI=1S/C9H9Cl2N3/c1-4(2)5-3-6-9(13-5)14-8(11)7(10)12-6/h3-4H,1-2H3,(H,13,14). The first kappa shape index (κ1) is 9.74. The summed E-state index contributed by atoms with van der Waals surface area (Å²) in [5.41, 5.74) is 2.52. The van der Waals surface area contributed by atoms with E-state index in [9.17, 15) is 0 Å². The van der Waals surface area contributed by atoms with Crippen molar-refractivity contribution in [2.75, 3.05) is 0 Å². The van der Waals surface area contributed by atoms with Crippen molar-refractivity contribution in [1.29, 1.82) is 0 Å². The van der Waals surface area contributed by atoms with Crippen LogP contribution in [0.15, 0.2) is 6.07 Å². The minimum Gasteiger partial charge on any atom is -0.342 e. The first-order valence-corrected chi connectivity index (χ1v) is 5.05. The summed E-state index contributed by atoms with van der Waals surface area (Å²) in [5.74, 6) is 0.406. The Hall–Kier alpha value is -0.800. The molecule has 3 nitrogen and oxygen atoms in total. The Labute approximate surface area is 91.5 Å². The van der Waals surface area contributed by atoms with E-state index >= 15 is 0 Å². The average Bonchev–Trinajstić information content (AvgIpc) is 2.48. The predicted molar refractivity (Wildman–Crippen MR) is 58.0 cm³/mol. The predicted octanol–water partition coefficient (Wildman–Crippen LogP) is 3.39. The highest BCUT2D eigenvalue weighted by Gasteiger charge is 2.09. The van der Waals surface area contributed by atoms with Crippen molar-refractivity contribution in [3.8, 4) is 0 Å². The van der Waals surface area contributed by atoms with Gasteiger partial charge in [0.15, 0.2) is 16.0 Å². The molecule has 0 bridgehead atoms. The second kappa shape index (κ2) is 3.41. The molecule has 2 aromatic heterocycles. The van der Waals surface area contributed by atoms with Crippen molar-refractivity contribution in [2.45, 2.75) is 19.8 Å². The normalized spacial score (nSPS) is 11.5. The number of aromatic amines is 1. The number of fused-ring (bicyclic) bond motifs is 1. The molecule has 2 aromatic rings. The monoisotopic (exact) mass is 229 g/mol. The van der Waals surface area contributed by atoms with Gasteiger partial charge in [-0.15, -0.1) is 0 Å². The number of halogens is 2. The van der Waals surface area contributed by atoms with Crippen LogP contribution in [0.25, 0.3) is 11.2 Å². The van der Waals surface area contributed by atoms with E-state index in [-0.39, 0.29) is 10.3 Å². The van der Waals surface area contributed by atoms with Crippen LogP contribution in [-0.2, 0) is 0 Å². The zero-order chi connectivity index (χ0) is 10.3. The maximum Gasteiger partial charge on any atom is 0.168 e. The molecule has 0 aliphatic heterocycles. The van der Waals surface area contributed by atoms with Crippen LogP contribution in [-0.4, -0.2) is 15.0 Å². The Balaban J connectivity index is 2.66. The summed E-state index contributed by atoms with van der Waals surface area (Å²) in [6, 6.07) is 1.94. The number of nitrogens with zero attached hydrogens (tertiary/aromatic N) is 2. The van der Waals surface area contributed by atoms with Gasteiger partial charge in [0.2, 0.25) is 0 Å². The van der Waals surface area contributed by atoms with Crippen molar-refractivity contribution in [3.05, 3.63) is 22.1 Å². The third kappa shape index (κ3) is 1.57. The summed E-state index contributed by atoms with van der Waals surface area (Å²) in [5, 5.41) is 0.477. The third-order valence-electron chi connectivity index (χ3n) is 2.02. The molecule has 0 saturated heterocycles. The molecule has 0 radical (unpaired) electrons. The summed E-state index contributed by atoms with van der Waals surface area (Å²) in [4.78, 5) is 11.4. The van der Waals surface area contributed by atoms with E-state index in [0.29, 0.717) is 11.6 Å². The van der Waals surface area contributed by atoms with Crippen molar-refractivity contribution in [1.82, 2.24) is 15.0 Å². The highest BCUT2D eigenvalue weighted by Crippen LogP contribution is 2.23. The lowest BCUT2D eigenvalue weighted by Gasteiger charge is -1.97. The Morgan fingerprint density at radius 1 is 1.21 bits per heavy atom. The topological polar surface area (TPSA) is 41.6 Å². The van der Waals surface area contributed by atoms with Gasteiger partial charge in [0.05, 0.1) is 0 Å². The summed E-state index contributed by atoms with van der Waals surface area (Å²) in [6.45, 7) is 4.18. The molecule has 0 atom stereocenters. The van der Waals surface area contributed by atoms with E-state index in [1.165, 1.54) is 0 Å². The summed E-state index contributed by atoms with van der Waals surface area (Å²) in [7, 11) is 0. The van der Waals surface area contributed by atoms with Gasteiger partial charge in [0.1, 0.15) is 5.52 Å². The Bertz CT molecular complexity index is 437. The van der Waals surface area contributed by atoms with E-state index in [2.05, 4.69) is 28.8 Å². The summed E-state index contributed by atoms with van der Waals surface area (Å²) >= 11 is 11.5. The molecule has 2 heterocycles. The molecule has 0 spiro atoms. The average molecular weight is 230 g/mol. The number of hydrogen-bond donors (Lipinski definition) is 1. The minimum absolute atomic E-state index is 0.233. The first-order chi connectivity index (χ1) is 6.58. The lowest BCUT2D eigenvalue weighted by atomic mass is 10.1. The smallest absolute Gasteiger partial charge is 0.168 e. The van der Waals surface area contributed by atoms with Crippen molar-refractivity contribution in [2.24, 2.45) is 0 Å². The molecule has 5 heteroatoms. The molecular weight excluding hydrogens is 221 g/mol. The van der Waals surface area contributed by atoms with Gasteiger partial charge in [-0.1, -0.05) is 37.0 Å². The van der Waals surface area contributed by atoms with Crippen molar-refractivity contribution < 1.29 is 0 Å². The minimum atomic E-state index is 0.233. The molecule has 0 amide bonds. The molecule has 2 rings (SSSR count). The van der Waals surface area contributed by atoms with E-state index < -0.39 is 0 Å². The van der Waals surface area contributed by atoms with E-state index in [0.717, 1.165) is 11.2 Å². The maximum atomic E-state index is 5.76. The van der Waals surface area contributed by atoms with Gasteiger partial charge in [0.25, 0.3) is 0 Å². The molecule has 0 aromatic carbocycles. The van der Waals surface area contributed by atoms with Gasteiger partial charge >= 0.3 is 0 Å². The number of nitrogens with one attached hydrogen (secondary N) is 1. The molecule has 0 aliphatic rings. The molecule has 14 heavy (non-hydrogen) atoms. The molecular formula is C9H9Cl2N3. The lowest BCUT2D eigenvalue weighted by Crippen LogP contribution is -1.86. The molecule has 0 fully saturated rings. The highest BCUT2D eigenvalue weighted by atomic mass is 35.5. The van der Waals surface area contributed by atoms with Crippen molar-refractivity contribution in [3.63, 3.8) is 0 Å². The fraction of sp³-hybridized carbons (Fsp3) is 0.333. The number of H-pyrrole nitrogens is 1. The van der Waals surface area contributed by atoms with Crippen LogP contribution < -0.4 is 0 Å². The van der Waals surface area contributed by atoms with Gasteiger partial charge in [-0.05, 0) is 12.0 Å². The Morgan fingerprint density at radius 3 is 2.50 bits per heavy atom. The van der Waals surface area contributed by atoms with E-state index in [1.54, 1.807) is 0 Å². The fourth-order valence-electron chi connectivity index (χ4n) is 1.23. The number of rotatable bonds is 1. The van der Waals surface area contributed by atoms with Crippen LogP contribution in [0, 0.1) is 0 Å². The summed E-state index contributed by atoms with van der Waals surface area (Å²) < 4.78 is 0. The molecule has 0 aliphatic carbocycles. The first-order valence-electron chi connectivity index (χ1n) is 4.29. The van der Waals surface area contributed by atoms with Crippen molar-refractivity contribution >= 4 is 34.4 Å². The Kier molecular flexibility index (Phi) is 2.37. The van der Waals surface area contributed by atoms with Crippen LogP contribution in [0.5, 0.6) is 0 Å². The molecule has 1 N–H and O–H groups in total. The number of hydrogen-bond acceptors (Lipinski definition) is 2.